The molecule has 2 nitrogen and oxygen atoms in total. The third-order valence-electron chi connectivity index (χ3n) is 2.13. The Kier molecular flexibility index (Phi) is 4.54. The molecule has 2 aromatic rings. The Labute approximate surface area is 112 Å². The van der Waals surface area contributed by atoms with Gasteiger partial charge in [-0.1, -0.05) is 24.8 Å². The summed E-state index contributed by atoms with van der Waals surface area (Å²) >= 11 is 2.70. The van der Waals surface area contributed by atoms with Crippen molar-refractivity contribution in [1.29, 1.82) is 0 Å². The molecule has 0 aliphatic heterocycles. The molecule has 18 heavy (non-hydrogen) atoms. The van der Waals surface area contributed by atoms with Crippen LogP contribution >= 0.6 is 23.1 Å². The van der Waals surface area contributed by atoms with Gasteiger partial charge in [0.05, 0.1) is 4.21 Å². The van der Waals surface area contributed by atoms with Gasteiger partial charge in [-0.15, -0.1) is 11.3 Å². The summed E-state index contributed by atoms with van der Waals surface area (Å²) in [4.78, 5) is 3.99. The Hall–Kier alpha value is -1.14. The van der Waals surface area contributed by atoms with Crippen LogP contribution in [0.15, 0.2) is 32.8 Å². The van der Waals surface area contributed by atoms with Gasteiger partial charge in [0.2, 0.25) is 0 Å². The number of nitrogens with one attached hydrogen (secondary N) is 1. The van der Waals surface area contributed by atoms with Gasteiger partial charge < -0.3 is 5.32 Å². The van der Waals surface area contributed by atoms with Crippen LogP contribution in [0.5, 0.6) is 0 Å². The van der Waals surface area contributed by atoms with Gasteiger partial charge in [-0.3, -0.25) is 0 Å². The number of aromatic nitrogens is 1. The van der Waals surface area contributed by atoms with E-state index in [0.29, 0.717) is 6.54 Å². The second kappa shape index (κ2) is 6.15. The summed E-state index contributed by atoms with van der Waals surface area (Å²) in [5.74, 6) is -1.18. The molecule has 1 N–H and O–H groups in total. The second-order valence-electron chi connectivity index (χ2n) is 3.57. The van der Waals surface area contributed by atoms with Crippen molar-refractivity contribution in [3.63, 3.8) is 0 Å². The van der Waals surface area contributed by atoms with Crippen LogP contribution < -0.4 is 5.32 Å². The molecule has 0 saturated heterocycles. The third-order valence-corrected chi connectivity index (χ3v) is 4.15. The molecule has 96 valence electrons. The Morgan fingerprint density at radius 1 is 1.39 bits per heavy atom. The highest BCUT2D eigenvalue weighted by Gasteiger charge is 2.13. The molecular weight excluding hydrogens is 274 g/mol. The van der Waals surface area contributed by atoms with Gasteiger partial charge in [-0.2, -0.15) is 0 Å². The first-order valence-corrected chi connectivity index (χ1v) is 7.21. The van der Waals surface area contributed by atoms with Crippen LogP contribution in [0.1, 0.15) is 13.3 Å². The van der Waals surface area contributed by atoms with Gasteiger partial charge in [0, 0.05) is 12.6 Å². The largest absolute Gasteiger partial charge is 0.368 e. The van der Waals surface area contributed by atoms with Gasteiger partial charge in [0.1, 0.15) is 5.03 Å². The van der Waals surface area contributed by atoms with Crippen LogP contribution in [0.3, 0.4) is 0 Å². The van der Waals surface area contributed by atoms with Crippen molar-refractivity contribution in [2.45, 2.75) is 22.6 Å². The molecule has 0 atom stereocenters. The molecule has 0 aliphatic carbocycles. The normalized spacial score (nSPS) is 10.6. The lowest BCUT2D eigenvalue weighted by Crippen LogP contribution is -2.05. The van der Waals surface area contributed by atoms with Crippen molar-refractivity contribution >= 4 is 28.9 Å². The summed E-state index contributed by atoms with van der Waals surface area (Å²) in [7, 11) is 0. The molecule has 0 aliphatic rings. The first-order chi connectivity index (χ1) is 8.70. The molecular formula is C12H12F2N2S2. The van der Waals surface area contributed by atoms with Crippen LogP contribution in [0.25, 0.3) is 0 Å². The maximum atomic E-state index is 13.6. The predicted octanol–water partition coefficient (Wildman–Crippen LogP) is 4.39. The van der Waals surface area contributed by atoms with Gasteiger partial charge in [0.25, 0.3) is 0 Å². The van der Waals surface area contributed by atoms with E-state index in [2.05, 4.69) is 10.3 Å². The maximum absolute atomic E-state index is 13.6. The van der Waals surface area contributed by atoms with Crippen molar-refractivity contribution in [2.24, 2.45) is 0 Å². The zero-order chi connectivity index (χ0) is 13.0. The van der Waals surface area contributed by atoms with E-state index in [-0.39, 0.29) is 10.8 Å². The van der Waals surface area contributed by atoms with Crippen molar-refractivity contribution < 1.29 is 8.78 Å². The third kappa shape index (κ3) is 3.20. The highest BCUT2D eigenvalue weighted by molar-refractivity contribution is 8.01. The minimum absolute atomic E-state index is 0.109. The van der Waals surface area contributed by atoms with E-state index >= 15 is 0 Å². The summed E-state index contributed by atoms with van der Waals surface area (Å²) in [6, 6.07) is 4.63. The first kappa shape index (κ1) is 13.3. The molecule has 0 saturated carbocycles. The second-order valence-corrected chi connectivity index (χ2v) is 5.80. The van der Waals surface area contributed by atoms with Crippen LogP contribution in [0.4, 0.5) is 14.6 Å². The van der Waals surface area contributed by atoms with Gasteiger partial charge in [-0.25, -0.2) is 13.8 Å². The molecule has 0 fully saturated rings. The molecule has 0 amide bonds. The number of anilines is 1. The molecule has 0 bridgehead atoms. The summed E-state index contributed by atoms with van der Waals surface area (Å²) in [5.41, 5.74) is 0. The lowest BCUT2D eigenvalue weighted by atomic mass is 10.4. The SMILES string of the molecule is CCCNc1nc(Sc2cccs2)c(F)cc1F. The Balaban J connectivity index is 2.23. The van der Waals surface area contributed by atoms with Crippen LogP contribution in [0, 0.1) is 11.6 Å². The predicted molar refractivity (Wildman–Crippen MR) is 71.4 cm³/mol. The minimum atomic E-state index is -0.656. The van der Waals surface area contributed by atoms with Crippen LogP contribution in [-0.2, 0) is 0 Å². The van der Waals surface area contributed by atoms with Crippen molar-refractivity contribution in [1.82, 2.24) is 4.98 Å². The Morgan fingerprint density at radius 3 is 2.89 bits per heavy atom. The zero-order valence-corrected chi connectivity index (χ0v) is 11.4. The van der Waals surface area contributed by atoms with Gasteiger partial charge in [0.15, 0.2) is 17.5 Å². The van der Waals surface area contributed by atoms with Gasteiger partial charge in [-0.05, 0) is 17.9 Å². The molecule has 2 heterocycles. The van der Waals surface area contributed by atoms with Crippen LogP contribution in [0.2, 0.25) is 0 Å². The average molecular weight is 286 g/mol. The van der Waals surface area contributed by atoms with E-state index in [0.717, 1.165) is 16.7 Å². The van der Waals surface area contributed by atoms with Crippen molar-refractivity contribution in [3.05, 3.63) is 35.2 Å². The quantitative estimate of drug-likeness (QED) is 0.882. The monoisotopic (exact) mass is 286 g/mol. The summed E-state index contributed by atoms with van der Waals surface area (Å²) in [6.45, 7) is 2.58. The topological polar surface area (TPSA) is 24.9 Å². The number of nitrogens with zero attached hydrogens (tertiary/aromatic N) is 1. The number of hydrogen-bond acceptors (Lipinski definition) is 4. The summed E-state index contributed by atoms with van der Waals surface area (Å²) < 4.78 is 28.0. The molecule has 0 unspecified atom stereocenters. The molecule has 2 rings (SSSR count). The maximum Gasteiger partial charge on any atom is 0.168 e. The van der Waals surface area contributed by atoms with E-state index in [1.807, 2.05) is 24.4 Å². The van der Waals surface area contributed by atoms with E-state index in [9.17, 15) is 8.78 Å². The van der Waals surface area contributed by atoms with E-state index in [1.165, 1.54) is 23.1 Å². The lowest BCUT2D eigenvalue weighted by molar-refractivity contribution is 0.551. The van der Waals surface area contributed by atoms with Crippen LogP contribution in [-0.4, -0.2) is 11.5 Å². The molecule has 0 spiro atoms. The van der Waals surface area contributed by atoms with E-state index in [1.54, 1.807) is 0 Å². The molecule has 0 aromatic carbocycles. The molecule has 0 radical (unpaired) electrons. The Bertz CT molecular complexity index is 515. The van der Waals surface area contributed by atoms with E-state index < -0.39 is 11.6 Å². The lowest BCUT2D eigenvalue weighted by Gasteiger charge is -2.08. The molecule has 2 aromatic heterocycles. The zero-order valence-electron chi connectivity index (χ0n) is 9.74. The number of pyridine rings is 1. The van der Waals surface area contributed by atoms with Crippen molar-refractivity contribution in [2.75, 3.05) is 11.9 Å². The molecule has 6 heteroatoms. The highest BCUT2D eigenvalue weighted by Crippen LogP contribution is 2.33. The number of rotatable bonds is 5. The fraction of sp³-hybridized carbons (Fsp3) is 0.250. The standard InChI is InChI=1S/C12H12F2N2S2/c1-2-5-15-11-8(13)7-9(14)12(16-11)18-10-4-3-6-17-10/h3-4,6-7H,2,5H2,1H3,(H,15,16). The van der Waals surface area contributed by atoms with Gasteiger partial charge >= 0.3 is 0 Å². The van der Waals surface area contributed by atoms with E-state index in [4.69, 9.17) is 0 Å². The summed E-state index contributed by atoms with van der Waals surface area (Å²) in [6.07, 6.45) is 0.853. The first-order valence-electron chi connectivity index (χ1n) is 5.52. The smallest absolute Gasteiger partial charge is 0.168 e. The number of halogens is 2. The fourth-order valence-electron chi connectivity index (χ4n) is 1.31. The number of thiophene rings is 1. The van der Waals surface area contributed by atoms with Crippen molar-refractivity contribution in [3.8, 4) is 0 Å². The highest BCUT2D eigenvalue weighted by atomic mass is 32.2. The number of hydrogen-bond donors (Lipinski definition) is 1. The summed E-state index contributed by atoms with van der Waals surface area (Å²) in [5, 5.41) is 4.94. The minimum Gasteiger partial charge on any atom is -0.368 e. The Morgan fingerprint density at radius 2 is 2.22 bits per heavy atom. The fourth-order valence-corrected chi connectivity index (χ4v) is 2.98. The average Bonchev–Trinajstić information content (AvgIpc) is 2.84.